The minimum Gasteiger partial charge on any atom is -0.493 e. The minimum absolute atomic E-state index is 0.215. The van der Waals surface area contributed by atoms with E-state index in [-0.39, 0.29) is 11.6 Å². The predicted octanol–water partition coefficient (Wildman–Crippen LogP) is 3.65. The van der Waals surface area contributed by atoms with Crippen LogP contribution in [0.2, 0.25) is 0 Å². The van der Waals surface area contributed by atoms with Crippen molar-refractivity contribution in [1.82, 2.24) is 0 Å². The Morgan fingerprint density at radius 1 is 1.05 bits per heavy atom. The molecule has 0 aliphatic heterocycles. The van der Waals surface area contributed by atoms with Crippen molar-refractivity contribution < 1.29 is 18.7 Å². The lowest BCUT2D eigenvalue weighted by atomic mass is 10.1. The van der Waals surface area contributed by atoms with Crippen molar-refractivity contribution in [2.75, 3.05) is 19.5 Å². The molecule has 2 aromatic carbocycles. The van der Waals surface area contributed by atoms with E-state index in [1.165, 1.54) is 36.5 Å². The van der Waals surface area contributed by atoms with Gasteiger partial charge in [0.25, 0.3) is 0 Å². The van der Waals surface area contributed by atoms with Crippen LogP contribution in [0.25, 0.3) is 0 Å². The number of carbonyl (C=O) groups excluding carboxylic acids is 1. The lowest BCUT2D eigenvalue weighted by Crippen LogP contribution is -1.97. The Kier molecular flexibility index (Phi) is 5.14. The Morgan fingerprint density at radius 2 is 1.73 bits per heavy atom. The number of hydrogen-bond donors (Lipinski definition) is 1. The lowest BCUT2D eigenvalue weighted by Gasteiger charge is -2.09. The highest BCUT2D eigenvalue weighted by atomic mass is 19.1. The molecule has 4 nitrogen and oxygen atoms in total. The highest BCUT2D eigenvalue weighted by Gasteiger charge is 2.04. The molecule has 0 bridgehead atoms. The van der Waals surface area contributed by atoms with E-state index < -0.39 is 0 Å². The fourth-order valence-electron chi connectivity index (χ4n) is 1.85. The first kappa shape index (κ1) is 15.6. The predicted molar refractivity (Wildman–Crippen MR) is 83.0 cm³/mol. The van der Waals surface area contributed by atoms with Gasteiger partial charge in [0.2, 0.25) is 0 Å². The average molecular weight is 301 g/mol. The van der Waals surface area contributed by atoms with Gasteiger partial charge in [0.05, 0.1) is 14.2 Å². The van der Waals surface area contributed by atoms with E-state index in [4.69, 9.17) is 9.47 Å². The molecule has 114 valence electrons. The maximum atomic E-state index is 12.8. The minimum atomic E-state index is -0.371. The quantitative estimate of drug-likeness (QED) is 0.653. The zero-order valence-electron chi connectivity index (χ0n) is 12.3. The molecule has 0 aromatic heterocycles. The van der Waals surface area contributed by atoms with Crippen LogP contribution in [0.5, 0.6) is 11.5 Å². The van der Waals surface area contributed by atoms with E-state index in [2.05, 4.69) is 5.32 Å². The van der Waals surface area contributed by atoms with E-state index in [0.29, 0.717) is 17.1 Å². The number of hydrogen-bond acceptors (Lipinski definition) is 4. The zero-order chi connectivity index (χ0) is 15.9. The first-order valence-corrected chi connectivity index (χ1v) is 6.59. The van der Waals surface area contributed by atoms with E-state index >= 15 is 0 Å². The van der Waals surface area contributed by atoms with Crippen LogP contribution in [0.3, 0.4) is 0 Å². The van der Waals surface area contributed by atoms with Gasteiger partial charge in [-0.25, -0.2) is 4.39 Å². The zero-order valence-corrected chi connectivity index (χ0v) is 12.3. The normalized spacial score (nSPS) is 10.5. The summed E-state index contributed by atoms with van der Waals surface area (Å²) in [6.45, 7) is 0. The van der Waals surface area contributed by atoms with Crippen molar-refractivity contribution >= 4 is 11.5 Å². The first-order valence-electron chi connectivity index (χ1n) is 6.59. The smallest absolute Gasteiger partial charge is 0.187 e. The second-order valence-electron chi connectivity index (χ2n) is 4.42. The summed E-state index contributed by atoms with van der Waals surface area (Å²) < 4.78 is 23.1. The molecule has 0 saturated carbocycles. The van der Waals surface area contributed by atoms with Gasteiger partial charge in [-0.15, -0.1) is 0 Å². The van der Waals surface area contributed by atoms with Crippen molar-refractivity contribution in [3.63, 3.8) is 0 Å². The molecule has 0 atom stereocenters. The molecule has 2 rings (SSSR count). The maximum Gasteiger partial charge on any atom is 0.187 e. The number of benzene rings is 2. The fraction of sp³-hybridized carbons (Fsp3) is 0.118. The first-order chi connectivity index (χ1) is 10.6. The highest BCUT2D eigenvalue weighted by molar-refractivity contribution is 6.04. The number of halogens is 1. The van der Waals surface area contributed by atoms with Gasteiger partial charge in [-0.05, 0) is 36.4 Å². The third-order valence-corrected chi connectivity index (χ3v) is 3.00. The number of nitrogens with one attached hydrogen (secondary N) is 1. The van der Waals surface area contributed by atoms with Crippen LogP contribution in [-0.4, -0.2) is 20.0 Å². The van der Waals surface area contributed by atoms with Gasteiger partial charge in [-0.2, -0.15) is 0 Å². The van der Waals surface area contributed by atoms with Crippen LogP contribution in [0, 0.1) is 5.82 Å². The summed E-state index contributed by atoms with van der Waals surface area (Å²) >= 11 is 0. The van der Waals surface area contributed by atoms with Gasteiger partial charge < -0.3 is 14.8 Å². The lowest BCUT2D eigenvalue weighted by molar-refractivity contribution is 0.104. The molecule has 0 aliphatic rings. The molecule has 0 amide bonds. The standard InChI is InChI=1S/C17H16FNO3/c1-21-16-8-7-14(11-17(16)22-2)19-10-9-15(20)12-3-5-13(18)6-4-12/h3-11,19H,1-2H3/b10-9-. The van der Waals surface area contributed by atoms with Crippen molar-refractivity contribution in [1.29, 1.82) is 0 Å². The molecule has 0 spiro atoms. The molecule has 1 N–H and O–H groups in total. The topological polar surface area (TPSA) is 47.6 Å². The number of rotatable bonds is 6. The van der Waals surface area contributed by atoms with Gasteiger partial charge in [-0.1, -0.05) is 0 Å². The molecule has 0 unspecified atom stereocenters. The second kappa shape index (κ2) is 7.26. The molecule has 0 heterocycles. The van der Waals surface area contributed by atoms with Gasteiger partial charge in [-0.3, -0.25) is 4.79 Å². The summed E-state index contributed by atoms with van der Waals surface area (Å²) in [5.74, 6) is 0.627. The van der Waals surface area contributed by atoms with E-state index in [1.807, 2.05) is 0 Å². The Morgan fingerprint density at radius 3 is 2.36 bits per heavy atom. The van der Waals surface area contributed by atoms with Crippen LogP contribution in [-0.2, 0) is 0 Å². The third kappa shape index (κ3) is 3.85. The molecule has 0 fully saturated rings. The second-order valence-corrected chi connectivity index (χ2v) is 4.42. The van der Waals surface area contributed by atoms with Crippen molar-refractivity contribution in [3.05, 3.63) is 66.1 Å². The van der Waals surface area contributed by atoms with Gasteiger partial charge in [0, 0.05) is 29.6 Å². The Bertz CT molecular complexity index is 681. The van der Waals surface area contributed by atoms with Crippen molar-refractivity contribution in [2.45, 2.75) is 0 Å². The van der Waals surface area contributed by atoms with E-state index in [9.17, 15) is 9.18 Å². The monoisotopic (exact) mass is 301 g/mol. The molecule has 2 aromatic rings. The highest BCUT2D eigenvalue weighted by Crippen LogP contribution is 2.29. The number of anilines is 1. The summed E-state index contributed by atoms with van der Waals surface area (Å²) in [4.78, 5) is 11.9. The van der Waals surface area contributed by atoms with Crippen molar-refractivity contribution in [3.8, 4) is 11.5 Å². The van der Waals surface area contributed by atoms with Gasteiger partial charge >= 0.3 is 0 Å². The van der Waals surface area contributed by atoms with Crippen LogP contribution in [0.1, 0.15) is 10.4 Å². The van der Waals surface area contributed by atoms with Gasteiger partial charge in [0.1, 0.15) is 5.82 Å². The maximum absolute atomic E-state index is 12.8. The SMILES string of the molecule is COc1ccc(N/C=C\C(=O)c2ccc(F)cc2)cc1OC. The largest absolute Gasteiger partial charge is 0.493 e. The molecule has 0 saturated heterocycles. The molecule has 0 radical (unpaired) electrons. The summed E-state index contributed by atoms with van der Waals surface area (Å²) in [6.07, 6.45) is 2.90. The van der Waals surface area contributed by atoms with Gasteiger partial charge in [0.15, 0.2) is 17.3 Å². The number of allylic oxidation sites excluding steroid dienone is 1. The Hall–Kier alpha value is -2.82. The summed E-state index contributed by atoms with van der Waals surface area (Å²) in [7, 11) is 3.11. The molecular weight excluding hydrogens is 285 g/mol. The third-order valence-electron chi connectivity index (χ3n) is 3.00. The number of methoxy groups -OCH3 is 2. The Balaban J connectivity index is 2.03. The fourth-order valence-corrected chi connectivity index (χ4v) is 1.85. The average Bonchev–Trinajstić information content (AvgIpc) is 2.55. The molecular formula is C17H16FNO3. The summed E-state index contributed by atoms with van der Waals surface area (Å²) in [5.41, 5.74) is 1.17. The van der Waals surface area contributed by atoms with Crippen LogP contribution >= 0.6 is 0 Å². The molecule has 22 heavy (non-hydrogen) atoms. The van der Waals surface area contributed by atoms with Crippen LogP contribution in [0.15, 0.2) is 54.7 Å². The summed E-state index contributed by atoms with van der Waals surface area (Å²) in [6, 6.07) is 10.7. The van der Waals surface area contributed by atoms with Crippen molar-refractivity contribution in [2.24, 2.45) is 0 Å². The summed E-state index contributed by atoms with van der Waals surface area (Å²) in [5, 5.41) is 2.97. The number of carbonyl (C=O) groups is 1. The molecule has 5 heteroatoms. The molecule has 0 aliphatic carbocycles. The Labute approximate surface area is 128 Å². The van der Waals surface area contributed by atoms with E-state index in [1.54, 1.807) is 32.4 Å². The number of ketones is 1. The van der Waals surface area contributed by atoms with Crippen LogP contribution in [0.4, 0.5) is 10.1 Å². The number of ether oxygens (including phenoxy) is 2. The van der Waals surface area contributed by atoms with E-state index in [0.717, 1.165) is 5.69 Å². The van der Waals surface area contributed by atoms with Crippen LogP contribution < -0.4 is 14.8 Å².